The number of amides is 1. The number of aromatic nitrogens is 2. The summed E-state index contributed by atoms with van der Waals surface area (Å²) in [5.41, 5.74) is 0. The predicted molar refractivity (Wildman–Crippen MR) is 65.8 cm³/mol. The maximum atomic E-state index is 12.4. The van der Waals surface area contributed by atoms with E-state index in [0.29, 0.717) is 6.54 Å². The fraction of sp³-hybridized carbons (Fsp3) is 0.600. The second-order valence-corrected chi connectivity index (χ2v) is 5.88. The maximum Gasteiger partial charge on any atom is 0.261 e. The Morgan fingerprint density at radius 3 is 3.11 bits per heavy atom. The lowest BCUT2D eigenvalue weighted by molar-refractivity contribution is -0.129. The summed E-state index contributed by atoms with van der Waals surface area (Å²) in [7, 11) is -3.76. The number of aromatic amines is 1. The molecule has 1 aromatic heterocycles. The minimum Gasteiger partial charge on any atom is -0.378 e. The summed E-state index contributed by atoms with van der Waals surface area (Å²) in [5.74, 6) is -0.356. The molecule has 0 radical (unpaired) electrons. The summed E-state index contributed by atoms with van der Waals surface area (Å²) >= 11 is 0. The molecule has 1 unspecified atom stereocenters. The molecule has 1 saturated heterocycles. The van der Waals surface area contributed by atoms with E-state index >= 15 is 0 Å². The summed E-state index contributed by atoms with van der Waals surface area (Å²) in [6.07, 6.45) is 2.51. The highest BCUT2D eigenvalue weighted by molar-refractivity contribution is 7.89. The van der Waals surface area contributed by atoms with Gasteiger partial charge in [0.1, 0.15) is 6.04 Å². The van der Waals surface area contributed by atoms with Crippen molar-refractivity contribution >= 4 is 15.9 Å². The zero-order chi connectivity index (χ0) is 13.9. The monoisotopic (exact) mass is 288 g/mol. The highest BCUT2D eigenvalue weighted by Gasteiger charge is 2.38. The van der Waals surface area contributed by atoms with Crippen molar-refractivity contribution in [2.24, 2.45) is 0 Å². The molecule has 2 N–H and O–H groups in total. The lowest BCUT2D eigenvalue weighted by Gasteiger charge is -2.32. The SMILES string of the molecule is CCNC(=O)C1COCCN1S(=O)(=O)c1cnc[nH]1. The largest absolute Gasteiger partial charge is 0.378 e. The number of carbonyl (C=O) groups is 1. The molecule has 1 aliphatic heterocycles. The Hall–Kier alpha value is -1.45. The average Bonchev–Trinajstić information content (AvgIpc) is 2.93. The third kappa shape index (κ3) is 2.77. The van der Waals surface area contributed by atoms with Crippen molar-refractivity contribution in [2.75, 3.05) is 26.3 Å². The van der Waals surface area contributed by atoms with E-state index in [2.05, 4.69) is 15.3 Å². The predicted octanol–water partition coefficient (Wildman–Crippen LogP) is -1.06. The fourth-order valence-electron chi connectivity index (χ4n) is 1.89. The number of ether oxygens (including phenoxy) is 1. The Labute approximate surface area is 111 Å². The number of nitrogens with one attached hydrogen (secondary N) is 2. The molecule has 8 nitrogen and oxygen atoms in total. The summed E-state index contributed by atoms with van der Waals surface area (Å²) in [4.78, 5) is 18.2. The van der Waals surface area contributed by atoms with Gasteiger partial charge in [0, 0.05) is 13.1 Å². The average molecular weight is 288 g/mol. The number of H-pyrrole nitrogens is 1. The van der Waals surface area contributed by atoms with Gasteiger partial charge in [-0.2, -0.15) is 4.31 Å². The van der Waals surface area contributed by atoms with E-state index < -0.39 is 16.1 Å². The standard InChI is InChI=1S/C10H16N4O4S/c1-2-12-10(15)8-6-18-4-3-14(8)19(16,17)9-5-11-7-13-9/h5,7-8H,2-4,6H2,1H3,(H,11,13)(H,12,15). The van der Waals surface area contributed by atoms with Gasteiger partial charge in [-0.3, -0.25) is 4.79 Å². The molecule has 9 heteroatoms. The van der Waals surface area contributed by atoms with Gasteiger partial charge in [-0.25, -0.2) is 13.4 Å². The van der Waals surface area contributed by atoms with Gasteiger partial charge in [-0.15, -0.1) is 0 Å². The summed E-state index contributed by atoms with van der Waals surface area (Å²) < 4.78 is 31.1. The maximum absolute atomic E-state index is 12.4. The highest BCUT2D eigenvalue weighted by Crippen LogP contribution is 2.18. The Bertz CT molecular complexity index is 528. The molecule has 1 amide bonds. The van der Waals surface area contributed by atoms with Crippen LogP contribution in [0.1, 0.15) is 6.92 Å². The zero-order valence-corrected chi connectivity index (χ0v) is 11.3. The minimum absolute atomic E-state index is 0.0244. The summed E-state index contributed by atoms with van der Waals surface area (Å²) in [5, 5.41) is 2.59. The molecule has 1 aromatic rings. The van der Waals surface area contributed by atoms with Crippen molar-refractivity contribution in [3.8, 4) is 0 Å². The second-order valence-electron chi connectivity index (χ2n) is 4.02. The van der Waals surface area contributed by atoms with Crippen molar-refractivity contribution in [1.82, 2.24) is 19.6 Å². The first kappa shape index (κ1) is 14.0. The molecule has 0 spiro atoms. The van der Waals surface area contributed by atoms with Crippen LogP contribution in [0.15, 0.2) is 17.6 Å². The molecule has 1 aliphatic rings. The van der Waals surface area contributed by atoms with Gasteiger partial charge in [0.2, 0.25) is 5.91 Å². The first-order valence-electron chi connectivity index (χ1n) is 5.93. The zero-order valence-electron chi connectivity index (χ0n) is 10.5. The van der Waals surface area contributed by atoms with Crippen LogP contribution in [0.4, 0.5) is 0 Å². The molecular weight excluding hydrogens is 272 g/mol. The third-order valence-corrected chi connectivity index (χ3v) is 4.63. The van der Waals surface area contributed by atoms with E-state index in [1.54, 1.807) is 6.92 Å². The van der Waals surface area contributed by atoms with E-state index in [-0.39, 0.29) is 30.7 Å². The molecule has 2 heterocycles. The van der Waals surface area contributed by atoms with Crippen molar-refractivity contribution in [2.45, 2.75) is 18.0 Å². The highest BCUT2D eigenvalue weighted by atomic mass is 32.2. The molecule has 2 rings (SSSR count). The lowest BCUT2D eigenvalue weighted by Crippen LogP contribution is -2.55. The Balaban J connectivity index is 2.27. The number of rotatable bonds is 4. The van der Waals surface area contributed by atoms with Crippen LogP contribution in [0, 0.1) is 0 Å². The lowest BCUT2D eigenvalue weighted by atomic mass is 10.2. The normalized spacial score (nSPS) is 21.2. The first-order valence-corrected chi connectivity index (χ1v) is 7.37. The summed E-state index contributed by atoms with van der Waals surface area (Å²) in [6, 6.07) is -0.845. The van der Waals surface area contributed by atoms with Gasteiger partial charge in [0.25, 0.3) is 10.0 Å². The molecule has 1 fully saturated rings. The number of nitrogens with zero attached hydrogens (tertiary/aromatic N) is 2. The van der Waals surface area contributed by atoms with Crippen LogP contribution >= 0.6 is 0 Å². The van der Waals surface area contributed by atoms with E-state index in [1.807, 2.05) is 0 Å². The molecule has 0 bridgehead atoms. The van der Waals surface area contributed by atoms with Gasteiger partial charge in [0.15, 0.2) is 5.03 Å². The molecule has 19 heavy (non-hydrogen) atoms. The van der Waals surface area contributed by atoms with Crippen LogP contribution in [0.3, 0.4) is 0 Å². The fourth-order valence-corrected chi connectivity index (χ4v) is 3.34. The number of morpholine rings is 1. The Morgan fingerprint density at radius 2 is 2.47 bits per heavy atom. The van der Waals surface area contributed by atoms with Crippen molar-refractivity contribution < 1.29 is 17.9 Å². The first-order chi connectivity index (χ1) is 9.07. The molecule has 0 aromatic carbocycles. The smallest absolute Gasteiger partial charge is 0.261 e. The quantitative estimate of drug-likeness (QED) is 0.734. The number of hydrogen-bond acceptors (Lipinski definition) is 5. The van der Waals surface area contributed by atoms with Gasteiger partial charge < -0.3 is 15.0 Å². The van der Waals surface area contributed by atoms with Crippen molar-refractivity contribution in [3.05, 3.63) is 12.5 Å². The van der Waals surface area contributed by atoms with E-state index in [4.69, 9.17) is 4.74 Å². The van der Waals surface area contributed by atoms with Crippen LogP contribution in [-0.2, 0) is 19.6 Å². The third-order valence-electron chi connectivity index (χ3n) is 2.79. The van der Waals surface area contributed by atoms with Crippen LogP contribution < -0.4 is 5.32 Å². The molecule has 1 atom stereocenters. The summed E-state index contributed by atoms with van der Waals surface area (Å²) in [6.45, 7) is 2.67. The Morgan fingerprint density at radius 1 is 1.68 bits per heavy atom. The second kappa shape index (κ2) is 5.68. The number of carbonyl (C=O) groups excluding carboxylic acids is 1. The van der Waals surface area contributed by atoms with Crippen LogP contribution in [0.25, 0.3) is 0 Å². The van der Waals surface area contributed by atoms with Gasteiger partial charge in [-0.05, 0) is 6.92 Å². The van der Waals surface area contributed by atoms with Gasteiger partial charge in [-0.1, -0.05) is 0 Å². The topological polar surface area (TPSA) is 104 Å². The Kier molecular flexibility index (Phi) is 4.17. The van der Waals surface area contributed by atoms with Crippen LogP contribution in [0.5, 0.6) is 0 Å². The number of sulfonamides is 1. The van der Waals surface area contributed by atoms with Crippen LogP contribution in [-0.4, -0.2) is 60.9 Å². The van der Waals surface area contributed by atoms with E-state index in [9.17, 15) is 13.2 Å². The van der Waals surface area contributed by atoms with E-state index in [1.165, 1.54) is 12.5 Å². The van der Waals surface area contributed by atoms with Crippen molar-refractivity contribution in [1.29, 1.82) is 0 Å². The molecule has 106 valence electrons. The van der Waals surface area contributed by atoms with E-state index in [0.717, 1.165) is 4.31 Å². The minimum atomic E-state index is -3.76. The molecule has 0 aliphatic carbocycles. The van der Waals surface area contributed by atoms with Crippen LogP contribution in [0.2, 0.25) is 0 Å². The van der Waals surface area contributed by atoms with Gasteiger partial charge >= 0.3 is 0 Å². The molecular formula is C10H16N4O4S. The number of imidazole rings is 1. The van der Waals surface area contributed by atoms with Gasteiger partial charge in [0.05, 0.1) is 25.7 Å². The number of hydrogen-bond donors (Lipinski definition) is 2. The number of likely N-dealkylation sites (N-methyl/N-ethyl adjacent to an activating group) is 1. The molecule has 0 saturated carbocycles. The van der Waals surface area contributed by atoms with Crippen molar-refractivity contribution in [3.63, 3.8) is 0 Å².